The summed E-state index contributed by atoms with van der Waals surface area (Å²) in [6, 6.07) is 7.85. The van der Waals surface area contributed by atoms with Crippen molar-refractivity contribution in [3.63, 3.8) is 0 Å². The Morgan fingerprint density at radius 1 is 1.06 bits per heavy atom. The van der Waals surface area contributed by atoms with Crippen LogP contribution in [0.15, 0.2) is 34.3 Å². The lowest BCUT2D eigenvalue weighted by Gasteiger charge is -2.19. The summed E-state index contributed by atoms with van der Waals surface area (Å²) in [4.78, 5) is 10.3. The van der Waals surface area contributed by atoms with Crippen molar-refractivity contribution in [2.45, 2.75) is 12.8 Å². The third-order valence-electron chi connectivity index (χ3n) is 2.81. The Kier molecular flexibility index (Phi) is 3.66. The SMILES string of the molecule is NC(N)=NC(N)=Nc1ccccc1N1CCCC1. The van der Waals surface area contributed by atoms with E-state index >= 15 is 0 Å². The van der Waals surface area contributed by atoms with Crippen LogP contribution in [0.5, 0.6) is 0 Å². The number of aliphatic imine (C=N–C) groups is 2. The molecule has 6 N–H and O–H groups in total. The van der Waals surface area contributed by atoms with E-state index in [1.54, 1.807) is 0 Å². The van der Waals surface area contributed by atoms with Gasteiger partial charge in [0.05, 0.1) is 11.4 Å². The van der Waals surface area contributed by atoms with Crippen LogP contribution < -0.4 is 22.1 Å². The summed E-state index contributed by atoms with van der Waals surface area (Å²) in [5, 5.41) is 0. The Morgan fingerprint density at radius 3 is 2.39 bits per heavy atom. The first-order valence-corrected chi connectivity index (χ1v) is 5.94. The fourth-order valence-corrected chi connectivity index (χ4v) is 2.06. The first kappa shape index (κ1) is 12.2. The van der Waals surface area contributed by atoms with E-state index in [1.807, 2.05) is 24.3 Å². The van der Waals surface area contributed by atoms with Crippen molar-refractivity contribution in [2.75, 3.05) is 18.0 Å². The maximum Gasteiger partial charge on any atom is 0.223 e. The lowest BCUT2D eigenvalue weighted by Crippen LogP contribution is -2.26. The Labute approximate surface area is 106 Å². The van der Waals surface area contributed by atoms with E-state index in [2.05, 4.69) is 14.9 Å². The summed E-state index contributed by atoms with van der Waals surface area (Å²) >= 11 is 0. The molecule has 2 rings (SSSR count). The molecule has 1 aliphatic heterocycles. The van der Waals surface area contributed by atoms with Crippen LogP contribution in [-0.2, 0) is 0 Å². The summed E-state index contributed by atoms with van der Waals surface area (Å²) in [7, 11) is 0. The van der Waals surface area contributed by atoms with Crippen molar-refractivity contribution in [1.82, 2.24) is 0 Å². The molecule has 6 nitrogen and oxygen atoms in total. The third kappa shape index (κ3) is 2.91. The Bertz CT molecular complexity index is 469. The van der Waals surface area contributed by atoms with Crippen molar-refractivity contribution in [3.05, 3.63) is 24.3 Å². The number of benzene rings is 1. The van der Waals surface area contributed by atoms with E-state index in [1.165, 1.54) is 12.8 Å². The molecule has 1 fully saturated rings. The number of rotatable bonds is 2. The molecule has 96 valence electrons. The first-order chi connectivity index (χ1) is 8.66. The maximum absolute atomic E-state index is 5.66. The highest BCUT2D eigenvalue weighted by molar-refractivity contribution is 5.94. The fraction of sp³-hybridized carbons (Fsp3) is 0.333. The summed E-state index contributed by atoms with van der Waals surface area (Å²) < 4.78 is 0. The monoisotopic (exact) mass is 246 g/mol. The minimum Gasteiger partial charge on any atom is -0.370 e. The highest BCUT2D eigenvalue weighted by Gasteiger charge is 2.15. The lowest BCUT2D eigenvalue weighted by molar-refractivity contribution is 0.949. The van der Waals surface area contributed by atoms with Gasteiger partial charge in [-0.3, -0.25) is 0 Å². The molecule has 1 aromatic carbocycles. The van der Waals surface area contributed by atoms with Gasteiger partial charge in [-0.1, -0.05) is 12.1 Å². The second-order valence-electron chi connectivity index (χ2n) is 4.19. The van der Waals surface area contributed by atoms with Crippen molar-refractivity contribution in [3.8, 4) is 0 Å². The summed E-state index contributed by atoms with van der Waals surface area (Å²) in [6.45, 7) is 2.10. The maximum atomic E-state index is 5.66. The van der Waals surface area contributed by atoms with Crippen LogP contribution in [0, 0.1) is 0 Å². The molecule has 0 aromatic heterocycles. The van der Waals surface area contributed by atoms with Crippen LogP contribution in [0.4, 0.5) is 11.4 Å². The quantitative estimate of drug-likeness (QED) is 0.522. The minimum atomic E-state index is -0.0881. The molecule has 0 saturated carbocycles. The molecular formula is C12H18N6. The normalized spacial score (nSPS) is 15.8. The smallest absolute Gasteiger partial charge is 0.223 e. The van der Waals surface area contributed by atoms with Gasteiger partial charge in [-0.15, -0.1) is 0 Å². The molecule has 1 heterocycles. The average Bonchev–Trinajstić information content (AvgIpc) is 2.81. The molecule has 0 atom stereocenters. The second kappa shape index (κ2) is 5.39. The molecule has 0 spiro atoms. The van der Waals surface area contributed by atoms with E-state index < -0.39 is 0 Å². The molecular weight excluding hydrogens is 228 g/mol. The molecule has 0 aliphatic carbocycles. The zero-order valence-electron chi connectivity index (χ0n) is 10.2. The van der Waals surface area contributed by atoms with Gasteiger partial charge in [-0.25, -0.2) is 4.99 Å². The van der Waals surface area contributed by atoms with Crippen molar-refractivity contribution >= 4 is 23.3 Å². The van der Waals surface area contributed by atoms with E-state index in [0.717, 1.165) is 24.5 Å². The molecule has 0 amide bonds. The highest BCUT2D eigenvalue weighted by Crippen LogP contribution is 2.30. The van der Waals surface area contributed by atoms with E-state index in [4.69, 9.17) is 17.2 Å². The standard InChI is InChI=1S/C12H18N6/c13-11(14)17-12(15)16-9-5-1-2-6-10(9)18-7-3-4-8-18/h1-2,5-6H,3-4,7-8H2,(H6,13,14,15,16,17). The third-order valence-corrected chi connectivity index (χ3v) is 2.81. The Hall–Kier alpha value is -2.24. The van der Waals surface area contributed by atoms with Crippen LogP contribution >= 0.6 is 0 Å². The predicted molar refractivity (Wildman–Crippen MR) is 75.0 cm³/mol. The number of anilines is 1. The van der Waals surface area contributed by atoms with Gasteiger partial charge in [0.15, 0.2) is 5.96 Å². The fourth-order valence-electron chi connectivity index (χ4n) is 2.06. The van der Waals surface area contributed by atoms with Gasteiger partial charge in [-0.05, 0) is 25.0 Å². The van der Waals surface area contributed by atoms with Gasteiger partial charge in [0.25, 0.3) is 0 Å². The van der Waals surface area contributed by atoms with Crippen LogP contribution in [0.25, 0.3) is 0 Å². The van der Waals surface area contributed by atoms with Gasteiger partial charge >= 0.3 is 0 Å². The van der Waals surface area contributed by atoms with Crippen LogP contribution in [0.3, 0.4) is 0 Å². The number of para-hydroxylation sites is 2. The molecule has 0 unspecified atom stereocenters. The van der Waals surface area contributed by atoms with Crippen molar-refractivity contribution in [2.24, 2.45) is 27.2 Å². The molecule has 1 aromatic rings. The zero-order chi connectivity index (χ0) is 13.0. The van der Waals surface area contributed by atoms with E-state index in [0.29, 0.717) is 0 Å². The second-order valence-corrected chi connectivity index (χ2v) is 4.19. The summed E-state index contributed by atoms with van der Waals surface area (Å²) in [5.41, 5.74) is 18.1. The van der Waals surface area contributed by atoms with Gasteiger partial charge < -0.3 is 22.1 Å². The van der Waals surface area contributed by atoms with E-state index in [-0.39, 0.29) is 11.9 Å². The molecule has 1 saturated heterocycles. The van der Waals surface area contributed by atoms with Gasteiger partial charge in [0.1, 0.15) is 0 Å². The summed E-state index contributed by atoms with van der Waals surface area (Å²) in [6.07, 6.45) is 2.42. The molecule has 1 aliphatic rings. The number of hydrogen-bond donors (Lipinski definition) is 3. The average molecular weight is 246 g/mol. The topological polar surface area (TPSA) is 106 Å². The van der Waals surface area contributed by atoms with Gasteiger partial charge in [0.2, 0.25) is 5.96 Å². The number of nitrogens with zero attached hydrogens (tertiary/aromatic N) is 3. The molecule has 0 radical (unpaired) electrons. The molecule has 6 heteroatoms. The van der Waals surface area contributed by atoms with Crippen LogP contribution in [0.2, 0.25) is 0 Å². The van der Waals surface area contributed by atoms with Gasteiger partial charge in [-0.2, -0.15) is 4.99 Å². The van der Waals surface area contributed by atoms with Gasteiger partial charge in [0, 0.05) is 13.1 Å². The van der Waals surface area contributed by atoms with Crippen LogP contribution in [0.1, 0.15) is 12.8 Å². The van der Waals surface area contributed by atoms with Crippen molar-refractivity contribution < 1.29 is 0 Å². The Morgan fingerprint density at radius 2 is 1.72 bits per heavy atom. The predicted octanol–water partition coefficient (Wildman–Crippen LogP) is 0.506. The number of nitrogens with two attached hydrogens (primary N) is 3. The van der Waals surface area contributed by atoms with E-state index in [9.17, 15) is 0 Å². The lowest BCUT2D eigenvalue weighted by atomic mass is 10.2. The molecule has 18 heavy (non-hydrogen) atoms. The van der Waals surface area contributed by atoms with Crippen LogP contribution in [-0.4, -0.2) is 25.0 Å². The first-order valence-electron chi connectivity index (χ1n) is 5.94. The largest absolute Gasteiger partial charge is 0.370 e. The molecule has 0 bridgehead atoms. The highest BCUT2D eigenvalue weighted by atomic mass is 15.2. The number of guanidine groups is 2. The summed E-state index contributed by atoms with van der Waals surface area (Å²) in [5.74, 6) is -0.0171. The minimum absolute atomic E-state index is 0.0710. The number of hydrogen-bond acceptors (Lipinski definition) is 2. The zero-order valence-corrected chi connectivity index (χ0v) is 10.2. The Balaban J connectivity index is 2.30. The van der Waals surface area contributed by atoms with Crippen molar-refractivity contribution in [1.29, 1.82) is 0 Å².